The highest BCUT2D eigenvalue weighted by Gasteiger charge is 2.15. The maximum atomic E-state index is 13.0. The molecule has 0 aliphatic rings. The first-order valence-corrected chi connectivity index (χ1v) is 11.1. The van der Waals surface area contributed by atoms with Gasteiger partial charge in [0.25, 0.3) is 0 Å². The number of benzene rings is 4. The molecule has 2 nitrogen and oxygen atoms in total. The van der Waals surface area contributed by atoms with E-state index in [9.17, 15) is 4.79 Å². The van der Waals surface area contributed by atoms with Gasteiger partial charge in [-0.25, -0.2) is 4.79 Å². The van der Waals surface area contributed by atoms with Gasteiger partial charge in [-0.1, -0.05) is 96.1 Å². The Morgan fingerprint density at radius 3 is 2.25 bits per heavy atom. The van der Waals surface area contributed by atoms with Crippen molar-refractivity contribution >= 4 is 22.8 Å². The van der Waals surface area contributed by atoms with Gasteiger partial charge in [0.15, 0.2) is 0 Å². The molecule has 0 fully saturated rings. The van der Waals surface area contributed by atoms with Crippen molar-refractivity contribution in [3.63, 3.8) is 0 Å². The van der Waals surface area contributed by atoms with Crippen LogP contribution in [0, 0.1) is 13.8 Å². The van der Waals surface area contributed by atoms with Crippen LogP contribution < -0.4 is 0 Å². The maximum absolute atomic E-state index is 13.0. The monoisotopic (exact) mass is 420 g/mol. The number of carbonyl (C=O) groups is 1. The van der Waals surface area contributed by atoms with Crippen LogP contribution in [0.3, 0.4) is 0 Å². The molecule has 32 heavy (non-hydrogen) atoms. The Bertz CT molecular complexity index is 1220. The van der Waals surface area contributed by atoms with Gasteiger partial charge in [-0.2, -0.15) is 0 Å². The summed E-state index contributed by atoms with van der Waals surface area (Å²) in [6.45, 7) is 4.23. The van der Waals surface area contributed by atoms with Gasteiger partial charge in [-0.05, 0) is 66.8 Å². The molecule has 0 amide bonds. The molecule has 0 saturated carbocycles. The molecule has 0 aromatic heterocycles. The van der Waals surface area contributed by atoms with Crippen molar-refractivity contribution in [2.75, 3.05) is 0 Å². The van der Waals surface area contributed by atoms with Gasteiger partial charge < -0.3 is 4.74 Å². The number of rotatable bonds is 7. The Kier molecular flexibility index (Phi) is 6.81. The van der Waals surface area contributed by atoms with Crippen LogP contribution in [-0.4, -0.2) is 12.1 Å². The van der Waals surface area contributed by atoms with E-state index >= 15 is 0 Å². The molecule has 0 bridgehead atoms. The normalized spacial score (nSPS) is 12.2. The van der Waals surface area contributed by atoms with Gasteiger partial charge in [0.05, 0.1) is 5.56 Å². The predicted octanol–water partition coefficient (Wildman–Crippen LogP) is 7.33. The molecule has 4 aromatic rings. The van der Waals surface area contributed by atoms with Crippen molar-refractivity contribution in [3.05, 3.63) is 125 Å². The molecular weight excluding hydrogens is 392 g/mol. The fourth-order valence-electron chi connectivity index (χ4n) is 4.02. The van der Waals surface area contributed by atoms with Crippen LogP contribution in [0.4, 0.5) is 0 Å². The Morgan fingerprint density at radius 2 is 1.50 bits per heavy atom. The summed E-state index contributed by atoms with van der Waals surface area (Å²) in [5.74, 6) is -0.293. The van der Waals surface area contributed by atoms with E-state index in [0.29, 0.717) is 5.56 Å². The van der Waals surface area contributed by atoms with Crippen molar-refractivity contribution in [2.45, 2.75) is 32.8 Å². The lowest BCUT2D eigenvalue weighted by Gasteiger charge is -2.16. The molecule has 0 heterocycles. The lowest BCUT2D eigenvalue weighted by molar-refractivity contribution is 0.0382. The zero-order chi connectivity index (χ0) is 22.3. The Hall–Kier alpha value is -3.65. The second-order valence-electron chi connectivity index (χ2n) is 8.31. The van der Waals surface area contributed by atoms with E-state index in [0.717, 1.165) is 29.2 Å². The van der Waals surface area contributed by atoms with Crippen molar-refractivity contribution in [3.8, 4) is 0 Å². The predicted molar refractivity (Wildman–Crippen MR) is 133 cm³/mol. The van der Waals surface area contributed by atoms with E-state index in [4.69, 9.17) is 4.74 Å². The number of hydrogen-bond acceptors (Lipinski definition) is 2. The first kappa shape index (κ1) is 21.6. The summed E-state index contributed by atoms with van der Waals surface area (Å²) in [6.07, 6.45) is 5.29. The fraction of sp³-hybridized carbons (Fsp3) is 0.167. The van der Waals surface area contributed by atoms with Crippen LogP contribution in [0.2, 0.25) is 0 Å². The van der Waals surface area contributed by atoms with Gasteiger partial charge >= 0.3 is 5.97 Å². The molecule has 0 saturated heterocycles. The van der Waals surface area contributed by atoms with E-state index in [1.54, 1.807) is 0 Å². The molecule has 0 N–H and O–H groups in total. The van der Waals surface area contributed by atoms with Crippen LogP contribution >= 0.6 is 0 Å². The maximum Gasteiger partial charge on any atom is 0.338 e. The number of ether oxygens (including phenoxy) is 1. The summed E-state index contributed by atoms with van der Waals surface area (Å²) in [6, 6.07) is 30.4. The van der Waals surface area contributed by atoms with Crippen LogP contribution in [0.25, 0.3) is 16.8 Å². The fourth-order valence-corrected chi connectivity index (χ4v) is 4.02. The van der Waals surface area contributed by atoms with Gasteiger partial charge in [0, 0.05) is 0 Å². The molecule has 1 atom stereocenters. The van der Waals surface area contributed by atoms with E-state index in [1.807, 2.05) is 84.9 Å². The SMILES string of the molecule is Cc1cc(C)cc(CC[C@H](/C=C/c2ccccc2)OC(=O)c2ccc3ccccc3c2)c1. The summed E-state index contributed by atoms with van der Waals surface area (Å²) in [7, 11) is 0. The zero-order valence-electron chi connectivity index (χ0n) is 18.6. The average molecular weight is 421 g/mol. The molecule has 0 radical (unpaired) electrons. The van der Waals surface area contributed by atoms with Gasteiger partial charge in [-0.3, -0.25) is 0 Å². The molecule has 4 aromatic carbocycles. The van der Waals surface area contributed by atoms with E-state index in [1.165, 1.54) is 16.7 Å². The van der Waals surface area contributed by atoms with Crippen LogP contribution in [-0.2, 0) is 11.2 Å². The van der Waals surface area contributed by atoms with Crippen molar-refractivity contribution in [2.24, 2.45) is 0 Å². The minimum absolute atomic E-state index is 0.293. The number of esters is 1. The molecule has 0 unspecified atom stereocenters. The number of hydrogen-bond donors (Lipinski definition) is 0. The zero-order valence-corrected chi connectivity index (χ0v) is 18.6. The lowest BCUT2D eigenvalue weighted by Crippen LogP contribution is -2.17. The minimum atomic E-state index is -0.310. The Balaban J connectivity index is 1.52. The molecule has 4 rings (SSSR count). The van der Waals surface area contributed by atoms with Crippen LogP contribution in [0.1, 0.15) is 39.0 Å². The van der Waals surface area contributed by atoms with Crippen LogP contribution in [0.15, 0.2) is 97.1 Å². The number of aryl methyl sites for hydroxylation is 3. The summed E-state index contributed by atoms with van der Waals surface area (Å²) in [5.41, 5.74) is 5.44. The third-order valence-electron chi connectivity index (χ3n) is 5.55. The standard InChI is InChI=1S/C30H28O2/c1-22-18-23(2)20-25(19-22)13-17-29(16-12-24-8-4-3-5-9-24)32-30(31)28-15-14-26-10-6-7-11-27(26)21-28/h3-12,14-16,18-21,29H,13,17H2,1-2H3/b16-12+/t29-/m0/s1. The average Bonchev–Trinajstić information content (AvgIpc) is 2.80. The molecule has 0 aliphatic carbocycles. The Morgan fingerprint density at radius 1 is 0.812 bits per heavy atom. The lowest BCUT2D eigenvalue weighted by atomic mass is 10.0. The highest BCUT2D eigenvalue weighted by molar-refractivity contribution is 5.95. The van der Waals surface area contributed by atoms with Gasteiger partial charge in [0.2, 0.25) is 0 Å². The largest absolute Gasteiger partial charge is 0.455 e. The molecular formula is C30H28O2. The molecule has 160 valence electrons. The van der Waals surface area contributed by atoms with E-state index in [2.05, 4.69) is 32.0 Å². The summed E-state index contributed by atoms with van der Waals surface area (Å²) < 4.78 is 5.96. The third kappa shape index (κ3) is 5.73. The summed E-state index contributed by atoms with van der Waals surface area (Å²) >= 11 is 0. The van der Waals surface area contributed by atoms with Crippen LogP contribution in [0.5, 0.6) is 0 Å². The molecule has 2 heteroatoms. The van der Waals surface area contributed by atoms with Crippen molar-refractivity contribution in [1.29, 1.82) is 0 Å². The van der Waals surface area contributed by atoms with Crippen molar-refractivity contribution < 1.29 is 9.53 Å². The number of fused-ring (bicyclic) bond motifs is 1. The van der Waals surface area contributed by atoms with Gasteiger partial charge in [-0.15, -0.1) is 0 Å². The molecule has 0 spiro atoms. The Labute approximate surface area is 190 Å². The summed E-state index contributed by atoms with van der Waals surface area (Å²) in [5, 5.41) is 2.15. The third-order valence-corrected chi connectivity index (χ3v) is 5.55. The number of carbonyl (C=O) groups excluding carboxylic acids is 1. The highest BCUT2D eigenvalue weighted by Crippen LogP contribution is 2.19. The van der Waals surface area contributed by atoms with Crippen molar-refractivity contribution in [1.82, 2.24) is 0 Å². The second-order valence-corrected chi connectivity index (χ2v) is 8.31. The summed E-state index contributed by atoms with van der Waals surface area (Å²) in [4.78, 5) is 13.0. The van der Waals surface area contributed by atoms with Gasteiger partial charge in [0.1, 0.15) is 6.10 Å². The quantitative estimate of drug-likeness (QED) is 0.293. The van der Waals surface area contributed by atoms with E-state index < -0.39 is 0 Å². The first-order chi connectivity index (χ1) is 15.6. The smallest absolute Gasteiger partial charge is 0.338 e. The van der Waals surface area contributed by atoms with E-state index in [-0.39, 0.29) is 12.1 Å². The minimum Gasteiger partial charge on any atom is -0.455 e. The highest BCUT2D eigenvalue weighted by atomic mass is 16.5. The molecule has 0 aliphatic heterocycles. The topological polar surface area (TPSA) is 26.3 Å². The second kappa shape index (κ2) is 10.1. The first-order valence-electron chi connectivity index (χ1n) is 11.1.